The summed E-state index contributed by atoms with van der Waals surface area (Å²) in [5.41, 5.74) is 10.1. The number of nitrogen functional groups attached to an aromatic ring is 2. The second kappa shape index (κ2) is 11.5. The number of nitrogens with zero attached hydrogens (tertiary/aromatic N) is 8. The van der Waals surface area contributed by atoms with Crippen LogP contribution in [0.1, 0.15) is 18.9 Å². The molecule has 240 valence electrons. The van der Waals surface area contributed by atoms with Gasteiger partial charge in [-0.3, -0.25) is 14.3 Å². The van der Waals surface area contributed by atoms with Gasteiger partial charge in [-0.15, -0.1) is 9.62 Å². The lowest BCUT2D eigenvalue weighted by Crippen LogP contribution is -2.45. The van der Waals surface area contributed by atoms with Crippen LogP contribution in [0.5, 0.6) is 0 Å². The van der Waals surface area contributed by atoms with E-state index in [-0.39, 0.29) is 36.0 Å². The molecular formula is C20H24N11O10P2S2+. The normalized spacial score (nSPS) is 31.2. The fraction of sp³-hybridized carbons (Fsp3) is 0.550. The van der Waals surface area contributed by atoms with Crippen molar-refractivity contribution in [1.82, 2.24) is 44.5 Å². The Morgan fingerprint density at radius 3 is 2.87 bits per heavy atom. The van der Waals surface area contributed by atoms with Crippen LogP contribution in [0.25, 0.3) is 22.3 Å². The van der Waals surface area contributed by atoms with Gasteiger partial charge < -0.3 is 44.7 Å². The van der Waals surface area contributed by atoms with Crippen molar-refractivity contribution in [3.63, 3.8) is 0 Å². The number of rotatable bonds is 10. The highest BCUT2D eigenvalue weighted by Gasteiger charge is 2.66. The molecule has 0 radical (unpaired) electrons. The standard InChI is InChI=1S/C20H23N11O10P2S2/c21-13-9-14(24-5-23-13)30(6-25-9)18-11-12(40-42(34)44)20(39-18,3-36-11)4-37-43(35,45)41-8-1-7(2-32)38-17(8)31-15-10(28-29-31)16(33)27-19(22)26-15/h5-8,11-12,17-18,32H,1-4H2,(H6-,21,22,23,24,26,27,29,33,34,35,44,45)/p+1/t7-,8+,11+,12-,17+,18+,20+,43?/m0/s1. The molecule has 3 aliphatic rings. The number of nitrogens with one attached hydrogen (secondary N) is 1. The van der Waals surface area contributed by atoms with E-state index in [1.54, 1.807) is 4.57 Å². The van der Waals surface area contributed by atoms with Crippen molar-refractivity contribution >= 4 is 72.1 Å². The number of ether oxygens (including phenoxy) is 3. The molecule has 25 heteroatoms. The topological polar surface area (TPSA) is 285 Å². The molecule has 7 N–H and O–H groups in total. The number of thiol groups is 1. The van der Waals surface area contributed by atoms with Gasteiger partial charge in [-0.1, -0.05) is 5.21 Å². The number of aliphatic hydroxyl groups excluding tert-OH is 1. The molecule has 7 heterocycles. The lowest BCUT2D eigenvalue weighted by molar-refractivity contribution is -0.183. The van der Waals surface area contributed by atoms with Crippen LogP contribution in [-0.4, -0.2) is 104 Å². The number of hydrogen-bond acceptors (Lipinski definition) is 18. The summed E-state index contributed by atoms with van der Waals surface area (Å²) in [4.78, 5) is 42.3. The first kappa shape index (κ1) is 30.8. The van der Waals surface area contributed by atoms with Gasteiger partial charge in [0.2, 0.25) is 5.95 Å². The Labute approximate surface area is 261 Å². The molecule has 0 saturated carbocycles. The molecular weight excluding hydrogens is 680 g/mol. The van der Waals surface area contributed by atoms with E-state index in [1.165, 1.54) is 12.7 Å². The van der Waals surface area contributed by atoms with Crippen molar-refractivity contribution < 1.29 is 42.3 Å². The lowest BCUT2D eigenvalue weighted by atomic mass is 10.0. The van der Waals surface area contributed by atoms with E-state index in [0.717, 1.165) is 4.68 Å². The van der Waals surface area contributed by atoms with Crippen LogP contribution in [0.2, 0.25) is 0 Å². The maximum absolute atomic E-state index is 12.3. The Morgan fingerprint density at radius 1 is 1.27 bits per heavy atom. The number of aliphatic hydroxyl groups is 1. The molecule has 3 fully saturated rings. The molecule has 0 aliphatic carbocycles. The molecule has 3 saturated heterocycles. The van der Waals surface area contributed by atoms with E-state index in [4.69, 9.17) is 51.1 Å². The third-order valence-corrected chi connectivity index (χ3v) is 9.78. The molecule has 4 aromatic rings. The Kier molecular flexibility index (Phi) is 7.86. The van der Waals surface area contributed by atoms with E-state index in [2.05, 4.69) is 47.5 Å². The smallest absolute Gasteiger partial charge is 0.394 e. The highest BCUT2D eigenvalue weighted by atomic mass is 32.7. The summed E-state index contributed by atoms with van der Waals surface area (Å²) in [6.45, 7) is -5.01. The quantitative estimate of drug-likeness (QED) is 0.0857. The van der Waals surface area contributed by atoms with Crippen molar-refractivity contribution in [1.29, 1.82) is 0 Å². The van der Waals surface area contributed by atoms with Gasteiger partial charge in [0.05, 0.1) is 32.3 Å². The van der Waals surface area contributed by atoms with E-state index >= 15 is 0 Å². The van der Waals surface area contributed by atoms with Crippen molar-refractivity contribution in [2.75, 3.05) is 31.3 Å². The molecule has 4 aromatic heterocycles. The summed E-state index contributed by atoms with van der Waals surface area (Å²) in [6, 6.07) is 0. The SMILES string of the molecule is Nc1nc2c(nnn2[C@@H]2O[C@H](CO)C[C@H]2OP(O)(=S)OC[C@@]23CO[C@@H]([C@H](n4cnc5c(N)ncnc54)O2)[C@@H]3O[P+](=O)S)c(=O)[nH]1. The van der Waals surface area contributed by atoms with E-state index in [9.17, 15) is 19.4 Å². The first-order valence-corrected chi connectivity index (χ1v) is 18.0. The Bertz CT molecular complexity index is 1910. The molecule has 0 aromatic carbocycles. The summed E-state index contributed by atoms with van der Waals surface area (Å²) in [7, 11) is -2.42. The van der Waals surface area contributed by atoms with Crippen LogP contribution in [0, 0.1) is 0 Å². The predicted molar refractivity (Wildman–Crippen MR) is 157 cm³/mol. The van der Waals surface area contributed by atoms with Crippen LogP contribution in [0.4, 0.5) is 11.8 Å². The third-order valence-electron chi connectivity index (χ3n) is 7.52. The Morgan fingerprint density at radius 2 is 2.09 bits per heavy atom. The first-order valence-electron chi connectivity index (χ1n) is 13.1. The molecule has 45 heavy (non-hydrogen) atoms. The molecule has 7 rings (SSSR count). The molecule has 0 spiro atoms. The minimum atomic E-state index is -4.12. The largest absolute Gasteiger partial charge is 0.582 e. The Hall–Kier alpha value is -2.79. The van der Waals surface area contributed by atoms with Crippen LogP contribution >= 0.6 is 26.2 Å². The van der Waals surface area contributed by atoms with E-state index in [0.29, 0.717) is 11.2 Å². The number of aromatic amines is 1. The fourth-order valence-electron chi connectivity index (χ4n) is 5.59. The molecule has 3 aliphatic heterocycles. The van der Waals surface area contributed by atoms with Crippen molar-refractivity contribution in [3.8, 4) is 0 Å². The average molecular weight is 705 g/mol. The number of aromatic nitrogens is 9. The number of fused-ring (bicyclic) bond motifs is 4. The van der Waals surface area contributed by atoms with E-state index < -0.39 is 75.2 Å². The first-order chi connectivity index (χ1) is 21.5. The molecule has 0 amide bonds. The second-order valence-corrected chi connectivity index (χ2v) is 14.8. The zero-order chi connectivity index (χ0) is 31.7. The molecule has 9 atom stereocenters. The van der Waals surface area contributed by atoms with Gasteiger partial charge >= 0.3 is 13.9 Å². The van der Waals surface area contributed by atoms with Gasteiger partial charge in [-0.2, -0.15) is 9.67 Å². The average Bonchev–Trinajstić information content (AvgIpc) is 3.80. The molecule has 2 unspecified atom stereocenters. The number of imidazole rings is 1. The highest BCUT2D eigenvalue weighted by molar-refractivity contribution is 8.39. The summed E-state index contributed by atoms with van der Waals surface area (Å²) < 4.78 is 50.2. The maximum atomic E-state index is 12.3. The van der Waals surface area contributed by atoms with Gasteiger partial charge in [0.25, 0.3) is 5.56 Å². The minimum absolute atomic E-state index is 0.0149. The fourth-order valence-corrected chi connectivity index (χ4v) is 7.87. The second-order valence-electron chi connectivity index (χ2n) is 10.3. The van der Waals surface area contributed by atoms with Crippen LogP contribution in [-0.2, 0) is 44.2 Å². The maximum Gasteiger partial charge on any atom is 0.582 e. The van der Waals surface area contributed by atoms with Crippen LogP contribution < -0.4 is 17.0 Å². The highest BCUT2D eigenvalue weighted by Crippen LogP contribution is 2.55. The monoisotopic (exact) mass is 704 g/mol. The van der Waals surface area contributed by atoms with Gasteiger partial charge in [-0.05, 0) is 16.4 Å². The number of hydrogen-bond donors (Lipinski definition) is 6. The zero-order valence-electron chi connectivity index (χ0n) is 22.6. The zero-order valence-corrected chi connectivity index (χ0v) is 26.1. The minimum Gasteiger partial charge on any atom is -0.394 e. The summed E-state index contributed by atoms with van der Waals surface area (Å²) in [6.07, 6.45) is -2.81. The van der Waals surface area contributed by atoms with Crippen LogP contribution in [0.15, 0.2) is 17.4 Å². The summed E-state index contributed by atoms with van der Waals surface area (Å²) in [5.74, 6) is -0.0285. The van der Waals surface area contributed by atoms with Crippen molar-refractivity contribution in [3.05, 3.63) is 23.0 Å². The summed E-state index contributed by atoms with van der Waals surface area (Å²) in [5, 5.41) is 17.6. The number of anilines is 2. The van der Waals surface area contributed by atoms with Crippen LogP contribution in [0.3, 0.4) is 0 Å². The van der Waals surface area contributed by atoms with Gasteiger partial charge in [0, 0.05) is 6.42 Å². The van der Waals surface area contributed by atoms with Crippen molar-refractivity contribution in [2.45, 2.75) is 48.9 Å². The van der Waals surface area contributed by atoms with Gasteiger partial charge in [0.1, 0.15) is 36.3 Å². The summed E-state index contributed by atoms with van der Waals surface area (Å²) >= 11 is 9.25. The number of H-pyrrole nitrogens is 1. The molecule has 21 nitrogen and oxygen atoms in total. The molecule has 2 bridgehead atoms. The Balaban J connectivity index is 1.13. The lowest BCUT2D eigenvalue weighted by Gasteiger charge is -2.32. The predicted octanol–water partition coefficient (Wildman–Crippen LogP) is -0.944. The van der Waals surface area contributed by atoms with E-state index in [1.807, 2.05) is 0 Å². The third kappa shape index (κ3) is 5.41. The van der Waals surface area contributed by atoms with Gasteiger partial charge in [-0.25, -0.2) is 15.0 Å². The number of nitrogens with two attached hydrogens (primary N) is 2. The van der Waals surface area contributed by atoms with Gasteiger partial charge in [0.15, 0.2) is 46.8 Å². The van der Waals surface area contributed by atoms with Crippen molar-refractivity contribution in [2.24, 2.45) is 0 Å².